The number of hydrogen-bond donors (Lipinski definition) is 2. The zero-order chi connectivity index (χ0) is 26.7. The molecule has 198 valence electrons. The molecule has 1 fully saturated rings. The molecule has 3 aromatic carbocycles. The second kappa shape index (κ2) is 11.3. The van der Waals surface area contributed by atoms with Gasteiger partial charge in [-0.2, -0.15) is 4.31 Å². The van der Waals surface area contributed by atoms with E-state index in [1.54, 1.807) is 6.07 Å². The van der Waals surface area contributed by atoms with E-state index in [0.29, 0.717) is 36.3 Å². The molecule has 1 aliphatic heterocycles. The molecular formula is C25H25ClN6O4S2. The molecule has 38 heavy (non-hydrogen) atoms. The summed E-state index contributed by atoms with van der Waals surface area (Å²) in [7, 11) is -3.82. The average molecular weight is 573 g/mol. The Morgan fingerprint density at radius 2 is 1.84 bits per heavy atom. The van der Waals surface area contributed by atoms with Crippen molar-refractivity contribution in [1.29, 1.82) is 0 Å². The fourth-order valence-corrected chi connectivity index (χ4v) is 6.76. The van der Waals surface area contributed by atoms with Crippen molar-refractivity contribution >= 4 is 55.8 Å². The first kappa shape index (κ1) is 26.4. The van der Waals surface area contributed by atoms with Gasteiger partial charge in [-0.15, -0.1) is 10.2 Å². The third-order valence-corrected chi connectivity index (χ3v) is 9.42. The molecular weight excluding hydrogens is 548 g/mol. The van der Waals surface area contributed by atoms with Gasteiger partial charge in [0.25, 0.3) is 0 Å². The van der Waals surface area contributed by atoms with E-state index in [9.17, 15) is 13.2 Å². The number of morpholine rings is 1. The number of hydrogen-bond acceptors (Lipinski definition) is 8. The van der Waals surface area contributed by atoms with Crippen LogP contribution in [0.3, 0.4) is 0 Å². The summed E-state index contributed by atoms with van der Waals surface area (Å²) in [6.45, 7) is 1.13. The van der Waals surface area contributed by atoms with Gasteiger partial charge < -0.3 is 15.9 Å². The van der Waals surface area contributed by atoms with Crippen LogP contribution in [0.2, 0.25) is 5.02 Å². The van der Waals surface area contributed by atoms with Gasteiger partial charge >= 0.3 is 0 Å². The van der Waals surface area contributed by atoms with Gasteiger partial charge in [0, 0.05) is 25.2 Å². The van der Waals surface area contributed by atoms with Gasteiger partial charge in [-0.1, -0.05) is 65.8 Å². The van der Waals surface area contributed by atoms with Crippen molar-refractivity contribution in [3.05, 3.63) is 77.1 Å². The van der Waals surface area contributed by atoms with Crippen molar-refractivity contribution in [2.24, 2.45) is 0 Å². The molecule has 4 aromatic rings. The number of nitrogen functional groups attached to an aromatic ring is 1. The molecule has 0 atom stereocenters. The lowest BCUT2D eigenvalue weighted by molar-refractivity contribution is -0.113. The highest BCUT2D eigenvalue weighted by Gasteiger charge is 2.28. The van der Waals surface area contributed by atoms with Gasteiger partial charge in [0.05, 0.1) is 24.0 Å². The summed E-state index contributed by atoms with van der Waals surface area (Å²) in [5, 5.41) is 13.8. The third kappa shape index (κ3) is 5.64. The van der Waals surface area contributed by atoms with Crippen LogP contribution < -0.4 is 11.2 Å². The maximum Gasteiger partial charge on any atom is 0.244 e. The number of nitrogens with one attached hydrogen (secondary N) is 1. The number of halogens is 1. The second-order valence-electron chi connectivity index (χ2n) is 8.58. The van der Waals surface area contributed by atoms with Crippen LogP contribution in [0.15, 0.2) is 70.7 Å². The number of amides is 1. The van der Waals surface area contributed by atoms with E-state index in [2.05, 4.69) is 21.6 Å². The summed E-state index contributed by atoms with van der Waals surface area (Å²) < 4.78 is 34.0. The highest BCUT2D eigenvalue weighted by molar-refractivity contribution is 7.99. The van der Waals surface area contributed by atoms with Crippen LogP contribution in [-0.4, -0.2) is 65.6 Å². The number of ether oxygens (including phenoxy) is 1. The number of carbonyl (C=O) groups is 1. The van der Waals surface area contributed by atoms with Crippen LogP contribution in [0.5, 0.6) is 0 Å². The maximum atomic E-state index is 13.0. The van der Waals surface area contributed by atoms with E-state index in [0.717, 1.165) is 28.1 Å². The molecule has 1 aliphatic rings. The lowest BCUT2D eigenvalue weighted by Gasteiger charge is -2.26. The first-order valence-corrected chi connectivity index (χ1v) is 14.6. The molecule has 0 aliphatic carbocycles. The number of fused-ring (bicyclic) bond motifs is 1. The SMILES string of the molecule is Nn1c(Cc2cccc3ccccc23)nnc1SCC(=O)Nc1ccc(Cl)c(S(=O)(=O)N2CCOCC2)c1. The van der Waals surface area contributed by atoms with Gasteiger partial charge in [0.15, 0.2) is 5.82 Å². The Kier molecular flexibility index (Phi) is 7.86. The lowest BCUT2D eigenvalue weighted by atomic mass is 10.0. The number of thioether (sulfide) groups is 1. The largest absolute Gasteiger partial charge is 0.379 e. The van der Waals surface area contributed by atoms with Gasteiger partial charge in [-0.05, 0) is 34.5 Å². The minimum atomic E-state index is -3.82. The Labute approximate surface area is 229 Å². The molecule has 2 heterocycles. The van der Waals surface area contributed by atoms with Crippen LogP contribution in [0.1, 0.15) is 11.4 Å². The molecule has 1 aromatic heterocycles. The van der Waals surface area contributed by atoms with Gasteiger partial charge in [0.1, 0.15) is 4.90 Å². The predicted octanol–water partition coefficient (Wildman–Crippen LogP) is 3.14. The Morgan fingerprint density at radius 1 is 1.08 bits per heavy atom. The first-order valence-electron chi connectivity index (χ1n) is 11.8. The van der Waals surface area contributed by atoms with Crippen molar-refractivity contribution in [2.45, 2.75) is 16.5 Å². The van der Waals surface area contributed by atoms with E-state index in [4.69, 9.17) is 22.2 Å². The standard InChI is InChI=1S/C25H25ClN6O4S2/c26-21-9-8-19(15-22(21)38(34,35)31-10-12-36-13-11-31)28-24(33)16-37-25-30-29-23(32(25)27)14-18-6-3-5-17-4-1-2-7-20(17)18/h1-9,15H,10-14,16,27H2,(H,28,33). The number of aromatic nitrogens is 3. The Balaban J connectivity index is 1.23. The van der Waals surface area contributed by atoms with Crippen molar-refractivity contribution in [3.63, 3.8) is 0 Å². The first-order chi connectivity index (χ1) is 18.3. The summed E-state index contributed by atoms with van der Waals surface area (Å²) >= 11 is 7.33. The van der Waals surface area contributed by atoms with Crippen LogP contribution >= 0.6 is 23.4 Å². The minimum Gasteiger partial charge on any atom is -0.379 e. The number of nitrogens with two attached hydrogens (primary N) is 1. The summed E-state index contributed by atoms with van der Waals surface area (Å²) in [4.78, 5) is 12.6. The van der Waals surface area contributed by atoms with Crippen molar-refractivity contribution < 1.29 is 17.9 Å². The number of rotatable bonds is 8. The van der Waals surface area contributed by atoms with Crippen LogP contribution in [0.4, 0.5) is 5.69 Å². The zero-order valence-electron chi connectivity index (χ0n) is 20.2. The summed E-state index contributed by atoms with van der Waals surface area (Å²) in [5.74, 6) is 6.44. The van der Waals surface area contributed by atoms with Crippen molar-refractivity contribution in [2.75, 3.05) is 43.2 Å². The summed E-state index contributed by atoms with van der Waals surface area (Å²) in [6, 6.07) is 18.5. The highest BCUT2D eigenvalue weighted by Crippen LogP contribution is 2.29. The smallest absolute Gasteiger partial charge is 0.244 e. The average Bonchev–Trinajstić information content (AvgIpc) is 3.28. The van der Waals surface area contributed by atoms with Gasteiger partial charge in [-0.3, -0.25) is 4.79 Å². The van der Waals surface area contributed by atoms with Crippen LogP contribution in [-0.2, 0) is 26.0 Å². The predicted molar refractivity (Wildman–Crippen MR) is 147 cm³/mol. The second-order valence-corrected chi connectivity index (χ2v) is 11.8. The molecule has 0 radical (unpaired) electrons. The molecule has 5 rings (SSSR count). The molecule has 3 N–H and O–H groups in total. The fraction of sp³-hybridized carbons (Fsp3) is 0.240. The molecule has 1 amide bonds. The van der Waals surface area contributed by atoms with E-state index in [-0.39, 0.29) is 34.7 Å². The van der Waals surface area contributed by atoms with E-state index in [1.807, 2.05) is 36.4 Å². The Morgan fingerprint density at radius 3 is 2.66 bits per heavy atom. The highest BCUT2D eigenvalue weighted by atomic mass is 35.5. The number of carbonyl (C=O) groups excluding carboxylic acids is 1. The third-order valence-electron chi connectivity index (χ3n) is 6.10. The topological polar surface area (TPSA) is 132 Å². The van der Waals surface area contributed by atoms with E-state index in [1.165, 1.54) is 21.1 Å². The fourth-order valence-electron chi connectivity index (χ4n) is 4.18. The minimum absolute atomic E-state index is 0.00221. The normalized spacial score (nSPS) is 14.6. The number of nitrogens with zero attached hydrogens (tertiary/aromatic N) is 4. The molecule has 13 heteroatoms. The number of anilines is 1. The van der Waals surface area contributed by atoms with Crippen LogP contribution in [0, 0.1) is 0 Å². The number of benzene rings is 3. The van der Waals surface area contributed by atoms with E-state index < -0.39 is 10.0 Å². The summed E-state index contributed by atoms with van der Waals surface area (Å²) in [5.41, 5.74) is 1.39. The molecule has 1 saturated heterocycles. The van der Waals surface area contributed by atoms with E-state index >= 15 is 0 Å². The number of sulfonamides is 1. The molecule has 0 saturated carbocycles. The monoisotopic (exact) mass is 572 g/mol. The quantitative estimate of drug-likeness (QED) is 0.243. The lowest BCUT2D eigenvalue weighted by Crippen LogP contribution is -2.40. The van der Waals surface area contributed by atoms with Gasteiger partial charge in [0.2, 0.25) is 21.1 Å². The Bertz CT molecular complexity index is 1580. The summed E-state index contributed by atoms with van der Waals surface area (Å²) in [6.07, 6.45) is 0.489. The van der Waals surface area contributed by atoms with Crippen LogP contribution in [0.25, 0.3) is 10.8 Å². The molecule has 0 spiro atoms. The van der Waals surface area contributed by atoms with Crippen molar-refractivity contribution in [3.8, 4) is 0 Å². The molecule has 10 nitrogen and oxygen atoms in total. The van der Waals surface area contributed by atoms with Crippen molar-refractivity contribution in [1.82, 2.24) is 19.2 Å². The molecule has 0 unspecified atom stereocenters. The maximum absolute atomic E-state index is 13.0. The van der Waals surface area contributed by atoms with Gasteiger partial charge in [-0.25, -0.2) is 13.1 Å². The molecule has 0 bridgehead atoms. The zero-order valence-corrected chi connectivity index (χ0v) is 22.6. The Hall–Kier alpha value is -3.16.